The highest BCUT2D eigenvalue weighted by molar-refractivity contribution is 5.24. The molecule has 0 saturated heterocycles. The van der Waals surface area contributed by atoms with Crippen molar-refractivity contribution in [2.24, 2.45) is 0 Å². The molecule has 0 amide bonds. The van der Waals surface area contributed by atoms with Crippen LogP contribution in [0, 0.1) is 0 Å². The molecule has 1 aromatic rings. The first-order valence-electron chi connectivity index (χ1n) is 6.06. The molecule has 1 atom stereocenters. The Morgan fingerprint density at radius 1 is 1.24 bits per heavy atom. The van der Waals surface area contributed by atoms with Crippen molar-refractivity contribution in [3.8, 4) is 0 Å². The molecule has 3 nitrogen and oxygen atoms in total. The van der Waals surface area contributed by atoms with Crippen LogP contribution >= 0.6 is 0 Å². The minimum absolute atomic E-state index is 0.455. The summed E-state index contributed by atoms with van der Waals surface area (Å²) in [5.41, 5.74) is 1.49. The molecule has 0 spiro atoms. The lowest BCUT2D eigenvalue weighted by molar-refractivity contribution is 0.0714. The summed E-state index contributed by atoms with van der Waals surface area (Å²) in [7, 11) is 1.82. The molecule has 0 aliphatic rings. The fraction of sp³-hybridized carbons (Fsp3) is 0.571. The third-order valence-electron chi connectivity index (χ3n) is 2.79. The summed E-state index contributed by atoms with van der Waals surface area (Å²) < 4.78 is 0. The van der Waals surface area contributed by atoms with Crippen LogP contribution in [0.1, 0.15) is 37.5 Å². The molecule has 3 heteroatoms. The van der Waals surface area contributed by atoms with Gasteiger partial charge in [0.2, 0.25) is 0 Å². The van der Waals surface area contributed by atoms with Gasteiger partial charge in [-0.1, -0.05) is 24.3 Å². The van der Waals surface area contributed by atoms with Crippen molar-refractivity contribution in [2.75, 3.05) is 13.6 Å². The van der Waals surface area contributed by atoms with Crippen LogP contribution in [0.15, 0.2) is 24.3 Å². The number of likely N-dealkylation sites (N-methyl/N-ethyl adjacent to an activating group) is 1. The van der Waals surface area contributed by atoms with E-state index in [1.54, 1.807) is 0 Å². The number of aryl methyl sites for hydroxylation is 1. The SMILES string of the molecule is CNCC(O)c1ccc(CCC(C)(C)O)cc1. The molecule has 1 unspecified atom stereocenters. The Balaban J connectivity index is 2.56. The standard InChI is InChI=1S/C14H23NO2/c1-14(2,17)9-8-11-4-6-12(7-5-11)13(16)10-15-3/h4-7,13,15-17H,8-10H2,1-3H3. The first-order chi connectivity index (χ1) is 7.92. The van der Waals surface area contributed by atoms with Crippen LogP contribution in [0.25, 0.3) is 0 Å². The minimum Gasteiger partial charge on any atom is -0.390 e. The van der Waals surface area contributed by atoms with Gasteiger partial charge in [0.25, 0.3) is 0 Å². The molecule has 1 rings (SSSR count). The average Bonchev–Trinajstić information content (AvgIpc) is 2.26. The fourth-order valence-corrected chi connectivity index (χ4v) is 1.67. The van der Waals surface area contributed by atoms with Crippen LogP contribution < -0.4 is 5.32 Å². The first kappa shape index (κ1) is 14.2. The molecule has 3 N–H and O–H groups in total. The largest absolute Gasteiger partial charge is 0.390 e. The molecule has 1 aromatic carbocycles. The second-order valence-corrected chi connectivity index (χ2v) is 5.13. The Kier molecular flexibility index (Phi) is 5.12. The van der Waals surface area contributed by atoms with Crippen LogP contribution in [0.2, 0.25) is 0 Å². The van der Waals surface area contributed by atoms with Gasteiger partial charge in [-0.3, -0.25) is 0 Å². The highest BCUT2D eigenvalue weighted by Crippen LogP contribution is 2.16. The number of hydrogen-bond acceptors (Lipinski definition) is 3. The summed E-state index contributed by atoms with van der Waals surface area (Å²) >= 11 is 0. The molecule has 0 radical (unpaired) electrons. The molecule has 0 heterocycles. The van der Waals surface area contributed by atoms with E-state index in [0.29, 0.717) is 6.54 Å². The van der Waals surface area contributed by atoms with Gasteiger partial charge >= 0.3 is 0 Å². The van der Waals surface area contributed by atoms with Crippen LogP contribution in [-0.4, -0.2) is 29.4 Å². The van der Waals surface area contributed by atoms with Crippen molar-refractivity contribution < 1.29 is 10.2 Å². The van der Waals surface area contributed by atoms with Crippen molar-refractivity contribution in [3.05, 3.63) is 35.4 Å². The lowest BCUT2D eigenvalue weighted by Gasteiger charge is -2.17. The van der Waals surface area contributed by atoms with Crippen LogP contribution in [-0.2, 0) is 6.42 Å². The Morgan fingerprint density at radius 3 is 2.29 bits per heavy atom. The Labute approximate surface area is 103 Å². The van der Waals surface area contributed by atoms with Gasteiger partial charge in [0.1, 0.15) is 0 Å². The zero-order chi connectivity index (χ0) is 12.9. The molecule has 0 aromatic heterocycles. The number of benzene rings is 1. The number of nitrogens with one attached hydrogen (secondary N) is 1. The van der Waals surface area contributed by atoms with E-state index in [1.165, 1.54) is 5.56 Å². The smallest absolute Gasteiger partial charge is 0.0914 e. The molecule has 17 heavy (non-hydrogen) atoms. The summed E-state index contributed by atoms with van der Waals surface area (Å²) in [6.45, 7) is 4.19. The van der Waals surface area contributed by atoms with E-state index in [1.807, 2.05) is 45.2 Å². The van der Waals surface area contributed by atoms with Crippen LogP contribution in [0.4, 0.5) is 0 Å². The van der Waals surface area contributed by atoms with Gasteiger partial charge in [0.15, 0.2) is 0 Å². The van der Waals surface area contributed by atoms with Crippen LogP contribution in [0.3, 0.4) is 0 Å². The maximum atomic E-state index is 9.77. The van der Waals surface area contributed by atoms with Gasteiger partial charge in [-0.05, 0) is 44.9 Å². The summed E-state index contributed by atoms with van der Waals surface area (Å²) in [6.07, 6.45) is 1.14. The molecule has 0 saturated carbocycles. The summed E-state index contributed by atoms with van der Waals surface area (Å²) in [4.78, 5) is 0. The summed E-state index contributed by atoms with van der Waals surface area (Å²) in [5.74, 6) is 0. The van der Waals surface area contributed by atoms with E-state index >= 15 is 0 Å². The molecule has 0 aliphatic carbocycles. The third kappa shape index (κ3) is 5.31. The molecule has 0 aliphatic heterocycles. The van der Waals surface area contributed by atoms with Gasteiger partial charge in [-0.25, -0.2) is 0 Å². The maximum absolute atomic E-state index is 9.77. The summed E-state index contributed by atoms with van der Waals surface area (Å²) in [5, 5.41) is 22.4. The molecular weight excluding hydrogens is 214 g/mol. The van der Waals surface area contributed by atoms with E-state index in [-0.39, 0.29) is 0 Å². The second kappa shape index (κ2) is 6.15. The number of aliphatic hydroxyl groups excluding tert-OH is 1. The van der Waals surface area contributed by atoms with Crippen molar-refractivity contribution in [1.82, 2.24) is 5.32 Å². The highest BCUT2D eigenvalue weighted by Gasteiger charge is 2.12. The summed E-state index contributed by atoms with van der Waals surface area (Å²) in [6, 6.07) is 7.92. The quantitative estimate of drug-likeness (QED) is 0.705. The predicted octanol–water partition coefficient (Wildman–Crippen LogP) is 1.64. The topological polar surface area (TPSA) is 52.5 Å². The van der Waals surface area contributed by atoms with Crippen molar-refractivity contribution in [2.45, 2.75) is 38.4 Å². The van der Waals surface area contributed by atoms with E-state index in [4.69, 9.17) is 0 Å². The monoisotopic (exact) mass is 237 g/mol. The van der Waals surface area contributed by atoms with Crippen LogP contribution in [0.5, 0.6) is 0 Å². The van der Waals surface area contributed by atoms with Crippen molar-refractivity contribution >= 4 is 0 Å². The Morgan fingerprint density at radius 2 is 1.82 bits per heavy atom. The third-order valence-corrected chi connectivity index (χ3v) is 2.79. The zero-order valence-electron chi connectivity index (χ0n) is 10.9. The number of aliphatic hydroxyl groups is 2. The minimum atomic E-state index is -0.621. The van der Waals surface area contributed by atoms with E-state index in [9.17, 15) is 10.2 Å². The molecule has 0 fully saturated rings. The second-order valence-electron chi connectivity index (χ2n) is 5.13. The van der Waals surface area contributed by atoms with E-state index in [0.717, 1.165) is 18.4 Å². The normalized spacial score (nSPS) is 13.7. The maximum Gasteiger partial charge on any atom is 0.0914 e. The van der Waals surface area contributed by atoms with Gasteiger partial charge < -0.3 is 15.5 Å². The highest BCUT2D eigenvalue weighted by atomic mass is 16.3. The first-order valence-corrected chi connectivity index (χ1v) is 6.06. The zero-order valence-corrected chi connectivity index (χ0v) is 10.9. The Bertz CT molecular complexity index is 327. The van der Waals surface area contributed by atoms with Gasteiger partial charge in [0, 0.05) is 6.54 Å². The lowest BCUT2D eigenvalue weighted by atomic mass is 9.97. The molecule has 0 bridgehead atoms. The predicted molar refractivity (Wildman–Crippen MR) is 69.9 cm³/mol. The fourth-order valence-electron chi connectivity index (χ4n) is 1.67. The van der Waals surface area contributed by atoms with E-state index in [2.05, 4.69) is 5.32 Å². The van der Waals surface area contributed by atoms with Crippen molar-refractivity contribution in [1.29, 1.82) is 0 Å². The Hall–Kier alpha value is -0.900. The van der Waals surface area contributed by atoms with Gasteiger partial charge in [-0.2, -0.15) is 0 Å². The molecule has 96 valence electrons. The average molecular weight is 237 g/mol. The lowest BCUT2D eigenvalue weighted by Crippen LogP contribution is -2.19. The van der Waals surface area contributed by atoms with E-state index < -0.39 is 11.7 Å². The molecular formula is C14H23NO2. The van der Waals surface area contributed by atoms with Gasteiger partial charge in [-0.15, -0.1) is 0 Å². The number of hydrogen-bond donors (Lipinski definition) is 3. The van der Waals surface area contributed by atoms with Crippen molar-refractivity contribution in [3.63, 3.8) is 0 Å². The number of rotatable bonds is 6. The van der Waals surface area contributed by atoms with Gasteiger partial charge in [0.05, 0.1) is 11.7 Å².